The van der Waals surface area contributed by atoms with Gasteiger partial charge in [-0.05, 0) is 72.6 Å². The van der Waals surface area contributed by atoms with Crippen molar-refractivity contribution in [3.63, 3.8) is 0 Å². The van der Waals surface area contributed by atoms with Crippen LogP contribution in [0.5, 0.6) is 0 Å². The van der Waals surface area contributed by atoms with Gasteiger partial charge in [-0.3, -0.25) is 15.0 Å². The van der Waals surface area contributed by atoms with Crippen molar-refractivity contribution >= 4 is 10.8 Å². The number of fused-ring (bicyclic) bond motifs is 2. The molecule has 0 spiro atoms. The Morgan fingerprint density at radius 3 is 2.21 bits per heavy atom. The zero-order valence-electron chi connectivity index (χ0n) is 24.4. The van der Waals surface area contributed by atoms with Gasteiger partial charge in [-0.2, -0.15) is 5.69 Å². The fourth-order valence-electron chi connectivity index (χ4n) is 5.51. The fourth-order valence-corrected chi connectivity index (χ4v) is 5.51. The number of pyridine rings is 3. The fraction of sp³-hybridized carbons (Fsp3) is 0.257. The molecule has 5 aromatic heterocycles. The van der Waals surface area contributed by atoms with E-state index in [0.29, 0.717) is 0 Å². The van der Waals surface area contributed by atoms with Gasteiger partial charge >= 0.3 is 21.1 Å². The first-order valence-corrected chi connectivity index (χ1v) is 14.3. The molecule has 0 saturated carbocycles. The molecule has 42 heavy (non-hydrogen) atoms. The predicted octanol–water partition coefficient (Wildman–Crippen LogP) is 7.50. The van der Waals surface area contributed by atoms with E-state index in [9.17, 15) is 0 Å². The van der Waals surface area contributed by atoms with Gasteiger partial charge < -0.3 is 15.2 Å². The molecule has 0 N–H and O–H groups in total. The van der Waals surface area contributed by atoms with Crippen molar-refractivity contribution in [2.75, 3.05) is 0 Å². The Balaban J connectivity index is 0.000000275. The van der Waals surface area contributed by atoms with E-state index in [1.165, 1.54) is 29.5 Å². The van der Waals surface area contributed by atoms with Crippen LogP contribution >= 0.6 is 0 Å². The summed E-state index contributed by atoms with van der Waals surface area (Å²) in [7, 11) is 0. The summed E-state index contributed by atoms with van der Waals surface area (Å²) < 4.78 is 0. The van der Waals surface area contributed by atoms with Crippen molar-refractivity contribution in [2.24, 2.45) is 0 Å². The van der Waals surface area contributed by atoms with E-state index in [-0.39, 0.29) is 26.5 Å². The van der Waals surface area contributed by atoms with Crippen LogP contribution in [0.4, 0.5) is 0 Å². The molecule has 0 unspecified atom stereocenters. The van der Waals surface area contributed by atoms with Crippen LogP contribution in [-0.4, -0.2) is 20.1 Å². The summed E-state index contributed by atoms with van der Waals surface area (Å²) in [5.41, 5.74) is 10.9. The second-order valence-electron chi connectivity index (χ2n) is 11.6. The van der Waals surface area contributed by atoms with Crippen LogP contribution < -0.4 is 10.1 Å². The van der Waals surface area contributed by atoms with Crippen molar-refractivity contribution in [3.05, 3.63) is 108 Å². The van der Waals surface area contributed by atoms with Crippen molar-refractivity contribution in [1.82, 2.24) is 30.1 Å². The van der Waals surface area contributed by atoms with Crippen LogP contribution in [0.1, 0.15) is 56.0 Å². The molecule has 0 amide bonds. The molecule has 1 aliphatic rings. The summed E-state index contributed by atoms with van der Waals surface area (Å²) in [6.07, 6.45) is 12.0. The van der Waals surface area contributed by atoms with Gasteiger partial charge in [0.05, 0.1) is 5.69 Å². The van der Waals surface area contributed by atoms with Gasteiger partial charge in [-0.25, -0.2) is 0 Å². The maximum atomic E-state index is 5.08. The topological polar surface area (TPSA) is 79.8 Å². The Morgan fingerprint density at radius 2 is 1.50 bits per heavy atom. The zero-order valence-corrected chi connectivity index (χ0v) is 26.7. The smallest absolute Gasteiger partial charge is 0.659 e. The van der Waals surface area contributed by atoms with Crippen LogP contribution in [0.15, 0.2) is 85.5 Å². The first-order valence-electron chi connectivity index (χ1n) is 14.3. The van der Waals surface area contributed by atoms with Crippen molar-refractivity contribution in [2.45, 2.75) is 58.8 Å². The first-order chi connectivity index (χ1) is 19.9. The molecule has 6 nitrogen and oxygen atoms in total. The van der Waals surface area contributed by atoms with E-state index in [0.717, 1.165) is 63.3 Å². The van der Waals surface area contributed by atoms with Gasteiger partial charge in [-0.1, -0.05) is 74.8 Å². The van der Waals surface area contributed by atoms with Gasteiger partial charge in [0.1, 0.15) is 0 Å². The largest absolute Gasteiger partial charge is 2.00 e. The first kappa shape index (κ1) is 29.6. The Morgan fingerprint density at radius 1 is 0.786 bits per heavy atom. The third-order valence-corrected chi connectivity index (χ3v) is 7.74. The third kappa shape index (κ3) is 6.14. The molecule has 214 valence electrons. The number of aromatic nitrogens is 6. The molecule has 0 saturated heterocycles. The molecular weight excluding hydrogens is 700 g/mol. The number of hydrogen-bond donors (Lipinski definition) is 0. The summed E-state index contributed by atoms with van der Waals surface area (Å²) >= 11 is 0. The van der Waals surface area contributed by atoms with Crippen LogP contribution in [0.2, 0.25) is 0 Å². The van der Waals surface area contributed by atoms with Gasteiger partial charge in [0.15, 0.2) is 0 Å². The molecule has 0 aliphatic heterocycles. The minimum atomic E-state index is 0. The number of rotatable bonds is 3. The van der Waals surface area contributed by atoms with E-state index in [1.807, 2.05) is 61.1 Å². The maximum Gasteiger partial charge on any atom is 2.00 e. The minimum Gasteiger partial charge on any atom is -0.659 e. The number of hydrogen-bond acceptors (Lipinski definition) is 4. The molecule has 7 rings (SSSR count). The van der Waals surface area contributed by atoms with E-state index < -0.39 is 0 Å². The Bertz CT molecular complexity index is 1780. The Labute approximate surface area is 261 Å². The van der Waals surface area contributed by atoms with Crippen LogP contribution in [0.3, 0.4) is 0 Å². The van der Waals surface area contributed by atoms with Gasteiger partial charge in [0.25, 0.3) is 0 Å². The molecule has 1 aliphatic carbocycles. The summed E-state index contributed by atoms with van der Waals surface area (Å²) in [5, 5.41) is 11.0. The van der Waals surface area contributed by atoms with Crippen LogP contribution in [0, 0.1) is 6.92 Å². The maximum absolute atomic E-state index is 5.08. The van der Waals surface area contributed by atoms with Gasteiger partial charge in [0.2, 0.25) is 0 Å². The molecule has 5 heterocycles. The molecule has 6 aromatic rings. The summed E-state index contributed by atoms with van der Waals surface area (Å²) in [4.78, 5) is 18.3. The SMILES string of the molecule is CC(C)(C)c1ccncc1.Cc1[n-]c(-c2cc3cnccc3c(-c3cc(-c4ccccc4)n[n-]3)n2)c2c1CCCC2.[Pt+2]. The molecule has 0 radical (unpaired) electrons. The Kier molecular flexibility index (Phi) is 8.84. The van der Waals surface area contributed by atoms with Crippen LogP contribution in [0.25, 0.3) is 44.8 Å². The molecule has 1 aromatic carbocycles. The average molecular weight is 734 g/mol. The molecular formula is C35H34N6Pt. The van der Waals surface area contributed by atoms with E-state index in [4.69, 9.17) is 9.97 Å². The summed E-state index contributed by atoms with van der Waals surface area (Å²) in [6, 6.07) is 20.3. The van der Waals surface area contributed by atoms with E-state index >= 15 is 0 Å². The molecule has 0 atom stereocenters. The standard InChI is InChI=1S/C26H21N5.C9H13N.Pt/c1-16-19-9-5-6-10-21(19)26(28-16)23-13-18-15-27-12-11-20(18)25(29-23)24-14-22(30-31-24)17-7-3-2-4-8-17;1-9(2,3)8-4-6-10-7-5-8;/h2-4,7-8,11-15H,5-6,9-10H2,1H3;4-7H,1-3H3;/q-2;;+2. The normalized spacial score (nSPS) is 12.7. The van der Waals surface area contributed by atoms with Crippen molar-refractivity contribution < 1.29 is 21.1 Å². The van der Waals surface area contributed by atoms with Gasteiger partial charge in [-0.15, -0.1) is 5.69 Å². The van der Waals surface area contributed by atoms with E-state index in [2.05, 4.69) is 66.1 Å². The number of nitrogens with zero attached hydrogens (tertiary/aromatic N) is 6. The quantitative estimate of drug-likeness (QED) is 0.188. The Hall–Kier alpha value is -3.89. The second-order valence-corrected chi connectivity index (χ2v) is 11.6. The predicted molar refractivity (Wildman–Crippen MR) is 165 cm³/mol. The molecule has 0 bridgehead atoms. The van der Waals surface area contributed by atoms with Crippen LogP contribution in [-0.2, 0) is 39.3 Å². The van der Waals surface area contributed by atoms with Gasteiger partial charge in [0, 0.05) is 46.9 Å². The van der Waals surface area contributed by atoms with Crippen molar-refractivity contribution in [1.29, 1.82) is 0 Å². The van der Waals surface area contributed by atoms with E-state index in [1.54, 1.807) is 6.20 Å². The number of aryl methyl sites for hydroxylation is 1. The third-order valence-electron chi connectivity index (χ3n) is 7.74. The zero-order chi connectivity index (χ0) is 28.4. The summed E-state index contributed by atoms with van der Waals surface area (Å²) in [6.45, 7) is 8.71. The molecule has 7 heteroatoms. The summed E-state index contributed by atoms with van der Waals surface area (Å²) in [5.74, 6) is 0. The average Bonchev–Trinajstić information content (AvgIpc) is 3.63. The monoisotopic (exact) mass is 733 g/mol. The van der Waals surface area contributed by atoms with Crippen molar-refractivity contribution in [3.8, 4) is 34.0 Å². The number of benzene rings is 1. The minimum absolute atomic E-state index is 0. The second kappa shape index (κ2) is 12.5. The molecule has 0 fully saturated rings.